The topological polar surface area (TPSA) is 85.9 Å². The van der Waals surface area contributed by atoms with Crippen LogP contribution in [0.4, 0.5) is 4.79 Å². The van der Waals surface area contributed by atoms with Crippen molar-refractivity contribution in [3.8, 4) is 11.5 Å². The van der Waals surface area contributed by atoms with Gasteiger partial charge in [0.25, 0.3) is 0 Å². The summed E-state index contributed by atoms with van der Waals surface area (Å²) < 4.78 is 17.0. The molecule has 182 valence electrons. The van der Waals surface area contributed by atoms with E-state index in [4.69, 9.17) is 14.2 Å². The maximum Gasteiger partial charge on any atom is 0.337 e. The maximum atomic E-state index is 12.7. The third kappa shape index (κ3) is 5.90. The van der Waals surface area contributed by atoms with Crippen LogP contribution in [-0.4, -0.2) is 25.7 Å². The highest BCUT2D eigenvalue weighted by molar-refractivity contribution is 5.95. The summed E-state index contributed by atoms with van der Waals surface area (Å²) in [4.78, 5) is 25.1. The van der Waals surface area contributed by atoms with Crippen molar-refractivity contribution >= 4 is 12.0 Å². The molecule has 0 saturated carbocycles. The van der Waals surface area contributed by atoms with Crippen molar-refractivity contribution < 1.29 is 23.8 Å². The average molecular weight is 467 g/mol. The van der Waals surface area contributed by atoms with E-state index >= 15 is 0 Å². The number of amides is 2. The molecule has 2 N–H and O–H groups in total. The fraction of sp³-hybridized carbons (Fsp3) is 0.407. The number of aryl methyl sites for hydroxylation is 2. The Morgan fingerprint density at radius 1 is 1.03 bits per heavy atom. The zero-order valence-corrected chi connectivity index (χ0v) is 20.6. The van der Waals surface area contributed by atoms with Gasteiger partial charge in [-0.1, -0.05) is 43.2 Å². The second-order valence-electron chi connectivity index (χ2n) is 8.38. The van der Waals surface area contributed by atoms with Crippen LogP contribution in [0.3, 0.4) is 0 Å². The smallest absolute Gasteiger partial charge is 0.337 e. The van der Waals surface area contributed by atoms with Crippen molar-refractivity contribution in [2.24, 2.45) is 0 Å². The van der Waals surface area contributed by atoms with E-state index in [-0.39, 0.29) is 6.03 Å². The number of urea groups is 1. The number of hydrogen-bond acceptors (Lipinski definition) is 5. The average Bonchev–Trinajstić information content (AvgIpc) is 2.83. The lowest BCUT2D eigenvalue weighted by atomic mass is 9.93. The summed E-state index contributed by atoms with van der Waals surface area (Å²) in [5, 5.41) is 5.65. The summed E-state index contributed by atoms with van der Waals surface area (Å²) >= 11 is 0. The van der Waals surface area contributed by atoms with Crippen LogP contribution >= 0.6 is 0 Å². The van der Waals surface area contributed by atoms with E-state index in [9.17, 15) is 9.59 Å². The highest BCUT2D eigenvalue weighted by Gasteiger charge is 2.33. The Morgan fingerprint density at radius 3 is 2.53 bits per heavy atom. The van der Waals surface area contributed by atoms with E-state index < -0.39 is 12.0 Å². The summed E-state index contributed by atoms with van der Waals surface area (Å²) in [5.41, 5.74) is 5.15. The number of rotatable bonds is 10. The zero-order valence-electron chi connectivity index (χ0n) is 20.6. The number of allylic oxidation sites excluding steroid dienone is 1. The summed E-state index contributed by atoms with van der Waals surface area (Å²) in [7, 11) is 1.34. The molecule has 0 aliphatic carbocycles. The van der Waals surface area contributed by atoms with Gasteiger partial charge in [-0.05, 0) is 62.4 Å². The van der Waals surface area contributed by atoms with Crippen LogP contribution in [0.15, 0.2) is 47.7 Å². The Hall–Kier alpha value is -3.48. The van der Waals surface area contributed by atoms with Crippen molar-refractivity contribution in [3.63, 3.8) is 0 Å². The van der Waals surface area contributed by atoms with Gasteiger partial charge in [-0.15, -0.1) is 0 Å². The first-order valence-electron chi connectivity index (χ1n) is 11.7. The fourth-order valence-corrected chi connectivity index (χ4v) is 3.97. The van der Waals surface area contributed by atoms with Gasteiger partial charge in [-0.3, -0.25) is 0 Å². The van der Waals surface area contributed by atoms with Gasteiger partial charge >= 0.3 is 12.0 Å². The minimum Gasteiger partial charge on any atom is -0.490 e. The maximum absolute atomic E-state index is 12.7. The molecule has 0 spiro atoms. The number of nitrogens with one attached hydrogen (secondary N) is 2. The second kappa shape index (κ2) is 11.6. The first kappa shape index (κ1) is 25.1. The van der Waals surface area contributed by atoms with Crippen molar-refractivity contribution in [2.45, 2.75) is 59.6 Å². The highest BCUT2D eigenvalue weighted by atomic mass is 16.5. The number of benzene rings is 2. The predicted octanol–water partition coefficient (Wildman–Crippen LogP) is 5.25. The first-order valence-corrected chi connectivity index (χ1v) is 11.7. The molecule has 0 saturated heterocycles. The Balaban J connectivity index is 1.95. The van der Waals surface area contributed by atoms with Gasteiger partial charge in [0.15, 0.2) is 11.5 Å². The summed E-state index contributed by atoms with van der Waals surface area (Å²) in [5.74, 6) is 0.677. The summed E-state index contributed by atoms with van der Waals surface area (Å²) in [6, 6.07) is 10.7. The van der Waals surface area contributed by atoms with Crippen LogP contribution in [0.2, 0.25) is 0 Å². The molecule has 1 atom stereocenters. The Labute approximate surface area is 201 Å². The molecular weight excluding hydrogens is 432 g/mol. The molecule has 2 aromatic rings. The molecule has 0 radical (unpaired) electrons. The number of unbranched alkanes of at least 4 members (excludes halogenated alkanes) is 1. The molecule has 2 aromatic carbocycles. The number of esters is 1. The van der Waals surface area contributed by atoms with Gasteiger partial charge in [-0.2, -0.15) is 0 Å². The second-order valence-corrected chi connectivity index (χ2v) is 8.38. The third-order valence-corrected chi connectivity index (χ3v) is 5.83. The first-order chi connectivity index (χ1) is 16.4. The van der Waals surface area contributed by atoms with Crippen LogP contribution < -0.4 is 20.1 Å². The molecule has 1 unspecified atom stereocenters. The van der Waals surface area contributed by atoms with Crippen LogP contribution in [0.1, 0.15) is 61.4 Å². The van der Waals surface area contributed by atoms with Crippen LogP contribution in [-0.2, 0) is 16.1 Å². The molecule has 3 rings (SSSR count). The van der Waals surface area contributed by atoms with Crippen LogP contribution in [0.25, 0.3) is 0 Å². The summed E-state index contributed by atoms with van der Waals surface area (Å²) in [6.45, 7) is 8.92. The number of carbonyl (C=O) groups excluding carboxylic acids is 2. The molecular formula is C27H34N2O5. The number of carbonyl (C=O) groups is 2. The molecule has 7 nitrogen and oxygen atoms in total. The Kier molecular flexibility index (Phi) is 8.57. The van der Waals surface area contributed by atoms with Crippen molar-refractivity contribution in [1.29, 1.82) is 0 Å². The molecule has 0 aromatic heterocycles. The van der Waals surface area contributed by atoms with Crippen molar-refractivity contribution in [2.75, 3.05) is 13.7 Å². The largest absolute Gasteiger partial charge is 0.490 e. The normalized spacial score (nSPS) is 15.4. The van der Waals surface area contributed by atoms with E-state index in [0.29, 0.717) is 48.0 Å². The number of methoxy groups -OCH3 is 1. The van der Waals surface area contributed by atoms with Gasteiger partial charge in [0, 0.05) is 5.70 Å². The molecule has 1 aliphatic heterocycles. The zero-order chi connectivity index (χ0) is 24.7. The van der Waals surface area contributed by atoms with E-state index in [2.05, 4.69) is 49.6 Å². The van der Waals surface area contributed by atoms with Gasteiger partial charge in [-0.25, -0.2) is 9.59 Å². The Bertz CT molecular complexity index is 1080. The van der Waals surface area contributed by atoms with Crippen molar-refractivity contribution in [3.05, 3.63) is 69.9 Å². The lowest BCUT2D eigenvalue weighted by molar-refractivity contribution is -0.136. The molecule has 7 heteroatoms. The minimum atomic E-state index is -0.652. The number of hydrogen-bond donors (Lipinski definition) is 2. The van der Waals surface area contributed by atoms with Crippen LogP contribution in [0, 0.1) is 13.8 Å². The van der Waals surface area contributed by atoms with E-state index in [1.807, 2.05) is 25.1 Å². The van der Waals surface area contributed by atoms with E-state index in [1.165, 1.54) is 12.7 Å². The summed E-state index contributed by atoms with van der Waals surface area (Å²) in [6.07, 6.45) is 2.37. The molecule has 0 fully saturated rings. The van der Waals surface area contributed by atoms with Gasteiger partial charge in [0.1, 0.15) is 6.61 Å². The monoisotopic (exact) mass is 466 g/mol. The highest BCUT2D eigenvalue weighted by Crippen LogP contribution is 2.36. The molecule has 34 heavy (non-hydrogen) atoms. The molecule has 1 heterocycles. The van der Waals surface area contributed by atoms with Crippen LogP contribution in [0.5, 0.6) is 11.5 Å². The van der Waals surface area contributed by atoms with Gasteiger partial charge in [0.2, 0.25) is 0 Å². The standard InChI is InChI=1S/C27H34N2O5/c1-6-8-9-21-24(26(30)32-5)25(29-27(31)28-21)19-12-13-22(23(15-19)33-7-2)34-16-20-14-17(3)10-11-18(20)4/h10-15,25H,6-9,16H2,1-5H3,(H2,28,29,31). The van der Waals surface area contributed by atoms with Crippen molar-refractivity contribution in [1.82, 2.24) is 10.6 Å². The van der Waals surface area contributed by atoms with Gasteiger partial charge in [0.05, 0.1) is 25.3 Å². The molecule has 2 amide bonds. The van der Waals surface area contributed by atoms with E-state index in [0.717, 1.165) is 24.0 Å². The predicted molar refractivity (Wildman–Crippen MR) is 131 cm³/mol. The number of ether oxygens (including phenoxy) is 3. The lowest BCUT2D eigenvalue weighted by Gasteiger charge is -2.29. The third-order valence-electron chi connectivity index (χ3n) is 5.83. The Morgan fingerprint density at radius 2 is 1.82 bits per heavy atom. The quantitative estimate of drug-likeness (QED) is 0.467. The van der Waals surface area contributed by atoms with E-state index in [1.54, 1.807) is 0 Å². The fourth-order valence-electron chi connectivity index (χ4n) is 3.97. The SMILES string of the molecule is CCCCC1=C(C(=O)OC)C(c2ccc(OCc3cc(C)ccc3C)c(OCC)c2)NC(=O)N1. The van der Waals surface area contributed by atoms with Gasteiger partial charge < -0.3 is 24.8 Å². The molecule has 1 aliphatic rings. The minimum absolute atomic E-state index is 0.350. The lowest BCUT2D eigenvalue weighted by Crippen LogP contribution is -2.45. The molecule has 0 bridgehead atoms.